The van der Waals surface area contributed by atoms with E-state index in [2.05, 4.69) is 0 Å². The summed E-state index contributed by atoms with van der Waals surface area (Å²) in [6, 6.07) is 26.0. The van der Waals surface area contributed by atoms with E-state index in [1.54, 1.807) is 36.4 Å². The summed E-state index contributed by atoms with van der Waals surface area (Å²) in [5.74, 6) is -0.0126. The van der Waals surface area contributed by atoms with E-state index in [0.29, 0.717) is 33.1 Å². The molecule has 0 unspecified atom stereocenters. The van der Waals surface area contributed by atoms with Gasteiger partial charge in [-0.05, 0) is 58.8 Å². The molecule has 5 nitrogen and oxygen atoms in total. The van der Waals surface area contributed by atoms with Gasteiger partial charge >= 0.3 is 5.63 Å². The van der Waals surface area contributed by atoms with Gasteiger partial charge in [-0.2, -0.15) is 0 Å². The molecular weight excluding hydrogens is 463 g/mol. The average molecular weight is 481 g/mol. The second-order valence-electron chi connectivity index (χ2n) is 8.07. The third-order valence-electron chi connectivity index (χ3n) is 5.90. The van der Waals surface area contributed by atoms with Gasteiger partial charge in [-0.25, -0.2) is 14.2 Å². The lowest BCUT2D eigenvalue weighted by atomic mass is 10.0. The lowest BCUT2D eigenvalue weighted by Gasteiger charge is -2.14. The number of hydrogen-bond donors (Lipinski definition) is 0. The minimum atomic E-state index is -0.439. The molecule has 0 bridgehead atoms. The molecule has 0 amide bonds. The number of para-hydroxylation sites is 1. The van der Waals surface area contributed by atoms with Gasteiger partial charge in [0.15, 0.2) is 5.16 Å². The van der Waals surface area contributed by atoms with Crippen LogP contribution in [0.2, 0.25) is 0 Å². The minimum Gasteiger partial charge on any atom is -0.423 e. The van der Waals surface area contributed by atoms with Crippen LogP contribution in [-0.4, -0.2) is 9.55 Å². The number of aromatic nitrogens is 2. The summed E-state index contributed by atoms with van der Waals surface area (Å²) in [5.41, 5.74) is 1.69. The van der Waals surface area contributed by atoms with Gasteiger partial charge in [0.05, 0.1) is 16.6 Å². The lowest BCUT2D eigenvalue weighted by molar-refractivity contribution is 0.560. The van der Waals surface area contributed by atoms with E-state index in [4.69, 9.17) is 9.40 Å². The van der Waals surface area contributed by atoms with Crippen molar-refractivity contribution in [1.29, 1.82) is 0 Å². The molecule has 0 N–H and O–H groups in total. The largest absolute Gasteiger partial charge is 0.423 e. The second-order valence-corrected chi connectivity index (χ2v) is 9.01. The van der Waals surface area contributed by atoms with E-state index in [0.717, 1.165) is 21.7 Å². The first-order valence-electron chi connectivity index (χ1n) is 10.9. The Morgan fingerprint density at radius 1 is 0.857 bits per heavy atom. The highest BCUT2D eigenvalue weighted by atomic mass is 32.2. The van der Waals surface area contributed by atoms with Crippen molar-refractivity contribution in [3.05, 3.63) is 123 Å². The van der Waals surface area contributed by atoms with Crippen LogP contribution in [0.25, 0.3) is 38.3 Å². The molecule has 0 fully saturated rings. The molecule has 0 radical (unpaired) electrons. The van der Waals surface area contributed by atoms with E-state index < -0.39 is 5.63 Å². The highest BCUT2D eigenvalue weighted by Crippen LogP contribution is 2.32. The Labute approximate surface area is 202 Å². The van der Waals surface area contributed by atoms with Crippen LogP contribution in [0.4, 0.5) is 4.39 Å². The van der Waals surface area contributed by atoms with Crippen molar-refractivity contribution in [2.24, 2.45) is 0 Å². The van der Waals surface area contributed by atoms with Crippen LogP contribution in [0.3, 0.4) is 0 Å². The van der Waals surface area contributed by atoms with Crippen LogP contribution in [0.5, 0.6) is 0 Å². The van der Waals surface area contributed by atoms with Crippen LogP contribution in [0.15, 0.2) is 110 Å². The predicted octanol–water partition coefficient (Wildman–Crippen LogP) is 6.08. The van der Waals surface area contributed by atoms with Gasteiger partial charge in [-0.3, -0.25) is 9.36 Å². The number of rotatable bonds is 4. The molecular formula is C28H17FN2O3S. The monoisotopic (exact) mass is 480 g/mol. The zero-order valence-electron chi connectivity index (χ0n) is 18.3. The third-order valence-corrected chi connectivity index (χ3v) is 6.89. The van der Waals surface area contributed by atoms with E-state index >= 15 is 0 Å². The molecule has 0 aliphatic rings. The summed E-state index contributed by atoms with van der Waals surface area (Å²) in [6.45, 7) is 0. The number of thioether (sulfide) groups is 1. The Morgan fingerprint density at radius 3 is 2.43 bits per heavy atom. The van der Waals surface area contributed by atoms with Crippen LogP contribution < -0.4 is 11.2 Å². The molecule has 0 atom stereocenters. The molecule has 2 aromatic heterocycles. The molecule has 7 heteroatoms. The maximum atomic E-state index is 13.6. The molecule has 0 saturated carbocycles. The summed E-state index contributed by atoms with van der Waals surface area (Å²) in [5, 5.41) is 3.78. The third kappa shape index (κ3) is 3.80. The van der Waals surface area contributed by atoms with E-state index in [1.165, 1.54) is 34.5 Å². The summed E-state index contributed by atoms with van der Waals surface area (Å²) in [7, 11) is 0. The standard InChI is InChI=1S/C28H17FN2O3S/c29-19-10-12-20(13-11-19)31-27(33)22-7-3-4-8-23(22)30-28(31)35-16-18-15-25(32)34-24-14-9-17-5-1-2-6-21(17)26(18)24/h1-15H,16H2. The zero-order chi connectivity index (χ0) is 23.9. The topological polar surface area (TPSA) is 65.1 Å². The molecule has 0 spiro atoms. The van der Waals surface area contributed by atoms with E-state index in [1.807, 2.05) is 36.4 Å². The fourth-order valence-electron chi connectivity index (χ4n) is 4.30. The van der Waals surface area contributed by atoms with Gasteiger partial charge < -0.3 is 4.42 Å². The summed E-state index contributed by atoms with van der Waals surface area (Å²) < 4.78 is 20.5. The van der Waals surface area contributed by atoms with Crippen LogP contribution in [-0.2, 0) is 5.75 Å². The van der Waals surface area contributed by atoms with Crippen LogP contribution in [0.1, 0.15) is 5.56 Å². The molecule has 4 aromatic carbocycles. The molecule has 0 aliphatic carbocycles. The van der Waals surface area contributed by atoms with Crippen molar-refractivity contribution < 1.29 is 8.81 Å². The molecule has 0 saturated heterocycles. The highest BCUT2D eigenvalue weighted by molar-refractivity contribution is 7.98. The average Bonchev–Trinajstić information content (AvgIpc) is 2.88. The zero-order valence-corrected chi connectivity index (χ0v) is 19.1. The first-order valence-corrected chi connectivity index (χ1v) is 11.9. The maximum Gasteiger partial charge on any atom is 0.336 e. The van der Waals surface area contributed by atoms with E-state index in [-0.39, 0.29) is 11.4 Å². The van der Waals surface area contributed by atoms with Crippen LogP contribution >= 0.6 is 11.8 Å². The predicted molar refractivity (Wildman–Crippen MR) is 137 cm³/mol. The summed E-state index contributed by atoms with van der Waals surface area (Å²) in [4.78, 5) is 30.5. The van der Waals surface area contributed by atoms with Gasteiger partial charge in [-0.15, -0.1) is 0 Å². The molecule has 6 aromatic rings. The number of halogens is 1. The number of hydrogen-bond acceptors (Lipinski definition) is 5. The van der Waals surface area contributed by atoms with Crippen molar-refractivity contribution in [3.63, 3.8) is 0 Å². The van der Waals surface area contributed by atoms with Gasteiger partial charge in [0, 0.05) is 17.2 Å². The van der Waals surface area contributed by atoms with Crippen molar-refractivity contribution >= 4 is 44.4 Å². The Balaban J connectivity index is 1.52. The van der Waals surface area contributed by atoms with Crippen molar-refractivity contribution in [3.8, 4) is 5.69 Å². The Hall–Kier alpha value is -4.23. The first-order chi connectivity index (χ1) is 17.1. The maximum absolute atomic E-state index is 13.6. The highest BCUT2D eigenvalue weighted by Gasteiger charge is 2.16. The second kappa shape index (κ2) is 8.52. The molecule has 0 aliphatic heterocycles. The fraction of sp³-hybridized carbons (Fsp3) is 0.0357. The Morgan fingerprint density at radius 2 is 1.60 bits per heavy atom. The minimum absolute atomic E-state index is 0.243. The normalized spacial score (nSPS) is 11.5. The number of nitrogens with zero attached hydrogens (tertiary/aromatic N) is 2. The summed E-state index contributed by atoms with van der Waals surface area (Å²) in [6.07, 6.45) is 0. The molecule has 6 rings (SSSR count). The van der Waals surface area contributed by atoms with Crippen molar-refractivity contribution in [2.45, 2.75) is 10.9 Å². The van der Waals surface area contributed by atoms with Gasteiger partial charge in [0.1, 0.15) is 11.4 Å². The number of fused-ring (bicyclic) bond motifs is 4. The molecule has 35 heavy (non-hydrogen) atoms. The van der Waals surface area contributed by atoms with Crippen LogP contribution in [0, 0.1) is 5.82 Å². The Bertz CT molecular complexity index is 1860. The summed E-state index contributed by atoms with van der Waals surface area (Å²) >= 11 is 1.34. The van der Waals surface area contributed by atoms with Crippen molar-refractivity contribution in [1.82, 2.24) is 9.55 Å². The quantitative estimate of drug-likeness (QED) is 0.132. The molecule has 170 valence electrons. The number of benzene rings is 4. The van der Waals surface area contributed by atoms with Gasteiger partial charge in [0.2, 0.25) is 0 Å². The van der Waals surface area contributed by atoms with Crippen molar-refractivity contribution in [2.75, 3.05) is 0 Å². The first kappa shape index (κ1) is 21.3. The lowest BCUT2D eigenvalue weighted by Crippen LogP contribution is -2.21. The smallest absolute Gasteiger partial charge is 0.336 e. The van der Waals surface area contributed by atoms with Gasteiger partial charge in [-0.1, -0.05) is 54.2 Å². The molecule has 2 heterocycles. The fourth-order valence-corrected chi connectivity index (χ4v) is 5.30. The SMILES string of the molecule is O=c1cc(CSc2nc3ccccc3c(=O)n2-c2ccc(F)cc2)c2c(ccc3ccccc32)o1. The van der Waals surface area contributed by atoms with E-state index in [9.17, 15) is 14.0 Å². The van der Waals surface area contributed by atoms with Gasteiger partial charge in [0.25, 0.3) is 5.56 Å². The Kier molecular flexibility index (Phi) is 5.19.